The van der Waals surface area contributed by atoms with Crippen molar-refractivity contribution >= 4 is 18.3 Å². The molecule has 96 valence electrons. The summed E-state index contributed by atoms with van der Waals surface area (Å²) >= 11 is 0. The maximum atomic E-state index is 11.7. The average Bonchev–Trinajstić information content (AvgIpc) is 2.76. The number of likely N-dealkylation sites (N-methyl/N-ethyl adjacent to an activating group) is 1. The number of methoxy groups -OCH3 is 1. The van der Waals surface area contributed by atoms with Crippen molar-refractivity contribution in [1.82, 2.24) is 10.2 Å². The van der Waals surface area contributed by atoms with E-state index in [1.807, 2.05) is 11.9 Å². The van der Waals surface area contributed by atoms with Crippen LogP contribution in [0.2, 0.25) is 0 Å². The number of carbonyl (C=O) groups is 1. The summed E-state index contributed by atoms with van der Waals surface area (Å²) in [6, 6.07) is 0.474. The van der Waals surface area contributed by atoms with Gasteiger partial charge in [0.25, 0.3) is 0 Å². The first-order chi connectivity index (χ1) is 7.25. The van der Waals surface area contributed by atoms with E-state index in [0.29, 0.717) is 19.2 Å². The third kappa shape index (κ3) is 5.14. The minimum atomic E-state index is 0. The largest absolute Gasteiger partial charge is 0.383 e. The third-order valence-corrected chi connectivity index (χ3v) is 3.02. The summed E-state index contributed by atoms with van der Waals surface area (Å²) in [5.41, 5.74) is 0. The number of nitrogens with one attached hydrogen (secondary N) is 1. The molecule has 1 saturated carbocycles. The number of hydrogen-bond acceptors (Lipinski definition) is 3. The lowest BCUT2D eigenvalue weighted by Gasteiger charge is -2.24. The SMILES string of the molecule is COCCNCC(=O)N(C)C1CCCC1.Cl. The zero-order valence-electron chi connectivity index (χ0n) is 10.2. The fourth-order valence-electron chi connectivity index (χ4n) is 1.99. The fourth-order valence-corrected chi connectivity index (χ4v) is 1.99. The normalized spacial score (nSPS) is 15.9. The minimum absolute atomic E-state index is 0. The molecule has 1 N–H and O–H groups in total. The van der Waals surface area contributed by atoms with Gasteiger partial charge in [-0.15, -0.1) is 12.4 Å². The molecular formula is C11H23ClN2O2. The number of hydrogen-bond donors (Lipinski definition) is 1. The molecule has 0 aromatic heterocycles. The van der Waals surface area contributed by atoms with Gasteiger partial charge >= 0.3 is 0 Å². The summed E-state index contributed by atoms with van der Waals surface area (Å²) in [6.07, 6.45) is 4.86. The zero-order chi connectivity index (χ0) is 11.1. The van der Waals surface area contributed by atoms with E-state index in [9.17, 15) is 4.79 Å². The van der Waals surface area contributed by atoms with Crippen molar-refractivity contribution in [3.63, 3.8) is 0 Å². The molecule has 4 nitrogen and oxygen atoms in total. The van der Waals surface area contributed by atoms with Gasteiger partial charge in [0, 0.05) is 26.7 Å². The van der Waals surface area contributed by atoms with Gasteiger partial charge in [-0.05, 0) is 12.8 Å². The Balaban J connectivity index is 0.00000225. The lowest BCUT2D eigenvalue weighted by molar-refractivity contribution is -0.130. The molecular weight excluding hydrogens is 228 g/mol. The quantitative estimate of drug-likeness (QED) is 0.717. The van der Waals surface area contributed by atoms with E-state index in [0.717, 1.165) is 6.54 Å². The Bertz CT molecular complexity index is 196. The molecule has 0 aromatic carbocycles. The molecule has 1 aliphatic carbocycles. The molecule has 1 aliphatic rings. The van der Waals surface area contributed by atoms with E-state index >= 15 is 0 Å². The van der Waals surface area contributed by atoms with Crippen LogP contribution in [0.25, 0.3) is 0 Å². The van der Waals surface area contributed by atoms with Crippen LogP contribution >= 0.6 is 12.4 Å². The smallest absolute Gasteiger partial charge is 0.236 e. The van der Waals surface area contributed by atoms with Crippen LogP contribution < -0.4 is 5.32 Å². The van der Waals surface area contributed by atoms with Gasteiger partial charge in [-0.2, -0.15) is 0 Å². The van der Waals surface area contributed by atoms with E-state index < -0.39 is 0 Å². The molecule has 1 rings (SSSR count). The van der Waals surface area contributed by atoms with Crippen molar-refractivity contribution in [2.75, 3.05) is 33.9 Å². The molecule has 0 aromatic rings. The number of halogens is 1. The van der Waals surface area contributed by atoms with Crippen LogP contribution in [0.15, 0.2) is 0 Å². The van der Waals surface area contributed by atoms with E-state index in [4.69, 9.17) is 4.74 Å². The molecule has 0 atom stereocenters. The van der Waals surface area contributed by atoms with Crippen LogP contribution in [-0.4, -0.2) is 50.7 Å². The highest BCUT2D eigenvalue weighted by Gasteiger charge is 2.22. The van der Waals surface area contributed by atoms with E-state index in [1.54, 1.807) is 7.11 Å². The highest BCUT2D eigenvalue weighted by molar-refractivity contribution is 5.85. The maximum Gasteiger partial charge on any atom is 0.236 e. The van der Waals surface area contributed by atoms with Crippen molar-refractivity contribution < 1.29 is 9.53 Å². The van der Waals surface area contributed by atoms with Gasteiger partial charge in [0.1, 0.15) is 0 Å². The van der Waals surface area contributed by atoms with Crippen molar-refractivity contribution in [1.29, 1.82) is 0 Å². The number of amides is 1. The summed E-state index contributed by atoms with van der Waals surface area (Å²) in [7, 11) is 3.57. The zero-order valence-corrected chi connectivity index (χ0v) is 11.0. The second-order valence-corrected chi connectivity index (χ2v) is 4.11. The molecule has 1 amide bonds. The topological polar surface area (TPSA) is 41.6 Å². The van der Waals surface area contributed by atoms with Crippen LogP contribution in [0.1, 0.15) is 25.7 Å². The molecule has 5 heteroatoms. The highest BCUT2D eigenvalue weighted by Crippen LogP contribution is 2.22. The van der Waals surface area contributed by atoms with Gasteiger partial charge in [0.05, 0.1) is 13.2 Å². The second kappa shape index (κ2) is 8.79. The molecule has 0 spiro atoms. The van der Waals surface area contributed by atoms with Crippen molar-refractivity contribution in [3.05, 3.63) is 0 Å². The lowest BCUT2D eigenvalue weighted by atomic mass is 10.2. The Labute approximate surface area is 104 Å². The van der Waals surface area contributed by atoms with Crippen LogP contribution in [0.3, 0.4) is 0 Å². The van der Waals surface area contributed by atoms with Crippen molar-refractivity contribution in [3.8, 4) is 0 Å². The van der Waals surface area contributed by atoms with Crippen molar-refractivity contribution in [2.45, 2.75) is 31.7 Å². The molecule has 0 aliphatic heterocycles. The Morgan fingerprint density at radius 1 is 1.44 bits per heavy atom. The number of ether oxygens (including phenoxy) is 1. The second-order valence-electron chi connectivity index (χ2n) is 4.11. The standard InChI is InChI=1S/C11H22N2O2.ClH/c1-13(10-5-3-4-6-10)11(14)9-12-7-8-15-2;/h10,12H,3-9H2,1-2H3;1H. The first-order valence-corrected chi connectivity index (χ1v) is 5.71. The molecule has 0 bridgehead atoms. The molecule has 0 heterocycles. The van der Waals surface area contributed by atoms with Gasteiger partial charge < -0.3 is 15.0 Å². The predicted molar refractivity (Wildman–Crippen MR) is 67.0 cm³/mol. The van der Waals surface area contributed by atoms with Crippen LogP contribution in [0.5, 0.6) is 0 Å². The minimum Gasteiger partial charge on any atom is -0.383 e. The first kappa shape index (κ1) is 15.7. The van der Waals surface area contributed by atoms with Gasteiger partial charge in [0.15, 0.2) is 0 Å². The molecule has 0 unspecified atom stereocenters. The first-order valence-electron chi connectivity index (χ1n) is 5.71. The van der Waals surface area contributed by atoms with Gasteiger partial charge in [-0.3, -0.25) is 4.79 Å². The van der Waals surface area contributed by atoms with Gasteiger partial charge in [0.2, 0.25) is 5.91 Å². The van der Waals surface area contributed by atoms with Crippen LogP contribution in [-0.2, 0) is 9.53 Å². The van der Waals surface area contributed by atoms with E-state index in [1.165, 1.54) is 25.7 Å². The Kier molecular flexibility index (Phi) is 8.61. The summed E-state index contributed by atoms with van der Waals surface area (Å²) in [5.74, 6) is 0.193. The predicted octanol–water partition coefficient (Wildman–Crippen LogP) is 1.05. The van der Waals surface area contributed by atoms with E-state index in [-0.39, 0.29) is 18.3 Å². The Morgan fingerprint density at radius 3 is 2.62 bits per heavy atom. The molecule has 0 saturated heterocycles. The molecule has 1 fully saturated rings. The summed E-state index contributed by atoms with van der Waals surface area (Å²) in [6.45, 7) is 1.82. The number of nitrogens with zero attached hydrogens (tertiary/aromatic N) is 1. The monoisotopic (exact) mass is 250 g/mol. The summed E-state index contributed by atoms with van der Waals surface area (Å²) < 4.78 is 4.90. The molecule has 16 heavy (non-hydrogen) atoms. The number of rotatable bonds is 6. The number of carbonyl (C=O) groups excluding carboxylic acids is 1. The summed E-state index contributed by atoms with van der Waals surface area (Å²) in [5, 5.41) is 3.07. The van der Waals surface area contributed by atoms with Crippen LogP contribution in [0.4, 0.5) is 0 Å². The average molecular weight is 251 g/mol. The van der Waals surface area contributed by atoms with E-state index in [2.05, 4.69) is 5.32 Å². The highest BCUT2D eigenvalue weighted by atomic mass is 35.5. The van der Waals surface area contributed by atoms with Crippen LogP contribution in [0, 0.1) is 0 Å². The lowest BCUT2D eigenvalue weighted by Crippen LogP contribution is -2.41. The molecule has 0 radical (unpaired) electrons. The Morgan fingerprint density at radius 2 is 2.06 bits per heavy atom. The van der Waals surface area contributed by atoms with Crippen molar-refractivity contribution in [2.24, 2.45) is 0 Å². The summed E-state index contributed by atoms with van der Waals surface area (Å²) in [4.78, 5) is 13.6. The Hall–Kier alpha value is -0.320. The van der Waals surface area contributed by atoms with Gasteiger partial charge in [-0.25, -0.2) is 0 Å². The fraction of sp³-hybridized carbons (Fsp3) is 0.909. The third-order valence-electron chi connectivity index (χ3n) is 3.02. The maximum absolute atomic E-state index is 11.7. The van der Waals surface area contributed by atoms with Gasteiger partial charge in [-0.1, -0.05) is 12.8 Å².